The normalized spacial score (nSPS) is 11.1. The third-order valence-corrected chi connectivity index (χ3v) is 4.37. The third kappa shape index (κ3) is 5.71. The van der Waals surface area contributed by atoms with Crippen molar-refractivity contribution in [3.63, 3.8) is 0 Å². The van der Waals surface area contributed by atoms with Crippen molar-refractivity contribution in [3.05, 3.63) is 41.7 Å². The number of nitrogens with zero attached hydrogens (tertiary/aromatic N) is 3. The van der Waals surface area contributed by atoms with Crippen LogP contribution in [0.2, 0.25) is 0 Å². The zero-order valence-electron chi connectivity index (χ0n) is 13.7. The van der Waals surface area contributed by atoms with Crippen molar-refractivity contribution < 1.29 is 4.79 Å². The zero-order valence-corrected chi connectivity index (χ0v) is 14.6. The molecule has 2 aromatic rings. The predicted octanol–water partition coefficient (Wildman–Crippen LogP) is 2.69. The Balaban J connectivity index is 2.00. The van der Waals surface area contributed by atoms with Crippen molar-refractivity contribution in [2.75, 3.05) is 5.75 Å². The number of primary amides is 1. The molecule has 0 atom stereocenters. The first-order valence-electron chi connectivity index (χ1n) is 7.93. The number of benzene rings is 1. The van der Waals surface area contributed by atoms with Crippen LogP contribution >= 0.6 is 11.8 Å². The Morgan fingerprint density at radius 1 is 1.22 bits per heavy atom. The number of carbonyl (C=O) groups excluding carboxylic acids is 1. The van der Waals surface area contributed by atoms with Gasteiger partial charge in [0.1, 0.15) is 5.82 Å². The fourth-order valence-electron chi connectivity index (χ4n) is 2.30. The second kappa shape index (κ2) is 8.72. The molecule has 0 aliphatic rings. The van der Waals surface area contributed by atoms with Gasteiger partial charge in [-0.05, 0) is 17.9 Å². The van der Waals surface area contributed by atoms with E-state index in [4.69, 9.17) is 5.73 Å². The van der Waals surface area contributed by atoms with Crippen LogP contribution in [0.5, 0.6) is 0 Å². The number of aryl methyl sites for hydroxylation is 2. The molecule has 1 amide bonds. The number of hydrogen-bond acceptors (Lipinski definition) is 4. The highest BCUT2D eigenvalue weighted by molar-refractivity contribution is 7.99. The molecule has 5 nitrogen and oxygen atoms in total. The van der Waals surface area contributed by atoms with Gasteiger partial charge < -0.3 is 10.3 Å². The number of rotatable bonds is 9. The SMILES string of the molecule is CC(C)Cn1c(CCC(N)=O)nnc1SCCc1ccccc1. The van der Waals surface area contributed by atoms with Crippen molar-refractivity contribution in [1.82, 2.24) is 14.8 Å². The van der Waals surface area contributed by atoms with Crippen LogP contribution in [0.25, 0.3) is 0 Å². The van der Waals surface area contributed by atoms with Crippen molar-refractivity contribution >= 4 is 17.7 Å². The molecule has 0 spiro atoms. The summed E-state index contributed by atoms with van der Waals surface area (Å²) >= 11 is 1.71. The highest BCUT2D eigenvalue weighted by Crippen LogP contribution is 2.20. The van der Waals surface area contributed by atoms with E-state index in [2.05, 4.69) is 52.9 Å². The number of amides is 1. The van der Waals surface area contributed by atoms with Gasteiger partial charge in [0.15, 0.2) is 5.16 Å². The zero-order chi connectivity index (χ0) is 16.7. The molecule has 0 unspecified atom stereocenters. The summed E-state index contributed by atoms with van der Waals surface area (Å²) < 4.78 is 2.13. The van der Waals surface area contributed by atoms with E-state index < -0.39 is 0 Å². The molecule has 23 heavy (non-hydrogen) atoms. The van der Waals surface area contributed by atoms with Gasteiger partial charge >= 0.3 is 0 Å². The van der Waals surface area contributed by atoms with E-state index >= 15 is 0 Å². The summed E-state index contributed by atoms with van der Waals surface area (Å²) in [6, 6.07) is 10.4. The lowest BCUT2D eigenvalue weighted by molar-refractivity contribution is -0.118. The fraction of sp³-hybridized carbons (Fsp3) is 0.471. The first-order chi connectivity index (χ1) is 11.1. The quantitative estimate of drug-likeness (QED) is 0.717. The monoisotopic (exact) mass is 332 g/mol. The van der Waals surface area contributed by atoms with E-state index in [0.29, 0.717) is 18.8 Å². The molecule has 0 aliphatic carbocycles. The Kier molecular flexibility index (Phi) is 6.65. The minimum absolute atomic E-state index is 0.303. The Labute approximate surface area is 141 Å². The molecule has 0 saturated carbocycles. The summed E-state index contributed by atoms with van der Waals surface area (Å²) in [7, 11) is 0. The van der Waals surface area contributed by atoms with Crippen LogP contribution in [0, 0.1) is 5.92 Å². The predicted molar refractivity (Wildman–Crippen MR) is 93.2 cm³/mol. The van der Waals surface area contributed by atoms with Gasteiger partial charge in [0, 0.05) is 25.1 Å². The molecule has 0 fully saturated rings. The summed E-state index contributed by atoms with van der Waals surface area (Å²) in [6.45, 7) is 5.18. The maximum absolute atomic E-state index is 11.0. The molecule has 1 heterocycles. The highest BCUT2D eigenvalue weighted by Gasteiger charge is 2.14. The minimum Gasteiger partial charge on any atom is -0.370 e. The molecular weight excluding hydrogens is 308 g/mol. The molecule has 6 heteroatoms. The second-order valence-corrected chi connectivity index (χ2v) is 7.02. The van der Waals surface area contributed by atoms with Crippen LogP contribution < -0.4 is 5.73 Å². The highest BCUT2D eigenvalue weighted by atomic mass is 32.2. The number of hydrogen-bond donors (Lipinski definition) is 1. The largest absolute Gasteiger partial charge is 0.370 e. The standard InChI is InChI=1S/C17H24N4OS/c1-13(2)12-21-16(9-8-15(18)22)19-20-17(21)23-11-10-14-6-4-3-5-7-14/h3-7,13H,8-12H2,1-2H3,(H2,18,22). The topological polar surface area (TPSA) is 73.8 Å². The van der Waals surface area contributed by atoms with Crippen LogP contribution in [-0.4, -0.2) is 26.4 Å². The maximum Gasteiger partial charge on any atom is 0.217 e. The van der Waals surface area contributed by atoms with Crippen molar-refractivity contribution in [2.24, 2.45) is 11.7 Å². The Hall–Kier alpha value is -1.82. The number of nitrogens with two attached hydrogens (primary N) is 1. The summed E-state index contributed by atoms with van der Waals surface area (Å²) in [5, 5.41) is 9.48. The fourth-order valence-corrected chi connectivity index (χ4v) is 3.25. The Morgan fingerprint density at radius 3 is 2.61 bits per heavy atom. The molecule has 0 aliphatic heterocycles. The first kappa shape index (κ1) is 17.5. The molecule has 0 bridgehead atoms. The van der Waals surface area contributed by atoms with Crippen LogP contribution in [0.15, 0.2) is 35.5 Å². The van der Waals surface area contributed by atoms with Gasteiger partial charge in [0.05, 0.1) is 0 Å². The maximum atomic E-state index is 11.0. The van der Waals surface area contributed by atoms with Gasteiger partial charge in [-0.2, -0.15) is 0 Å². The molecule has 0 saturated heterocycles. The average Bonchev–Trinajstić information content (AvgIpc) is 2.88. The summed E-state index contributed by atoms with van der Waals surface area (Å²) in [6.07, 6.45) is 1.86. The average molecular weight is 332 g/mol. The summed E-state index contributed by atoms with van der Waals surface area (Å²) in [5.41, 5.74) is 6.56. The molecular formula is C17H24N4OS. The van der Waals surface area contributed by atoms with Crippen LogP contribution in [0.4, 0.5) is 0 Å². The minimum atomic E-state index is -0.303. The van der Waals surface area contributed by atoms with Crippen molar-refractivity contribution in [3.8, 4) is 0 Å². The molecule has 124 valence electrons. The number of aromatic nitrogens is 3. The van der Waals surface area contributed by atoms with Gasteiger partial charge in [-0.25, -0.2) is 0 Å². The van der Waals surface area contributed by atoms with Crippen LogP contribution in [0.1, 0.15) is 31.7 Å². The van der Waals surface area contributed by atoms with Gasteiger partial charge in [0.25, 0.3) is 0 Å². The molecule has 1 aromatic heterocycles. The van der Waals surface area contributed by atoms with Crippen molar-refractivity contribution in [2.45, 2.75) is 44.8 Å². The Bertz CT molecular complexity index is 625. The molecule has 1 aromatic carbocycles. The Morgan fingerprint density at radius 2 is 1.96 bits per heavy atom. The third-order valence-electron chi connectivity index (χ3n) is 3.40. The van der Waals surface area contributed by atoms with Gasteiger partial charge in [-0.1, -0.05) is 55.9 Å². The smallest absolute Gasteiger partial charge is 0.217 e. The van der Waals surface area contributed by atoms with Crippen LogP contribution in [-0.2, 0) is 24.2 Å². The van der Waals surface area contributed by atoms with E-state index in [0.717, 1.165) is 29.7 Å². The lowest BCUT2D eigenvalue weighted by Crippen LogP contribution is -2.15. The number of thioether (sulfide) groups is 1. The molecule has 2 N–H and O–H groups in total. The van der Waals surface area contributed by atoms with Crippen molar-refractivity contribution in [1.29, 1.82) is 0 Å². The first-order valence-corrected chi connectivity index (χ1v) is 8.92. The van der Waals surface area contributed by atoms with Gasteiger partial charge in [0.2, 0.25) is 5.91 Å². The van der Waals surface area contributed by atoms with Crippen LogP contribution in [0.3, 0.4) is 0 Å². The summed E-state index contributed by atoms with van der Waals surface area (Å²) in [5.74, 6) is 1.99. The van der Waals surface area contributed by atoms with Gasteiger partial charge in [-0.15, -0.1) is 10.2 Å². The second-order valence-electron chi connectivity index (χ2n) is 5.95. The van der Waals surface area contributed by atoms with E-state index in [1.807, 2.05) is 6.07 Å². The lowest BCUT2D eigenvalue weighted by atomic mass is 10.2. The van der Waals surface area contributed by atoms with E-state index in [1.165, 1.54) is 5.56 Å². The lowest BCUT2D eigenvalue weighted by Gasteiger charge is -2.12. The summed E-state index contributed by atoms with van der Waals surface area (Å²) in [4.78, 5) is 11.0. The molecule has 2 rings (SSSR count). The molecule has 0 radical (unpaired) electrons. The van der Waals surface area contributed by atoms with E-state index in [9.17, 15) is 4.79 Å². The van der Waals surface area contributed by atoms with E-state index in [1.54, 1.807) is 11.8 Å². The number of carbonyl (C=O) groups is 1. The van der Waals surface area contributed by atoms with Gasteiger partial charge in [-0.3, -0.25) is 4.79 Å². The van der Waals surface area contributed by atoms with E-state index in [-0.39, 0.29) is 5.91 Å².